The molecule has 0 fully saturated rings. The first kappa shape index (κ1) is 29.2. The summed E-state index contributed by atoms with van der Waals surface area (Å²) in [6.45, 7) is 6.73. The van der Waals surface area contributed by atoms with Gasteiger partial charge in [0.2, 0.25) is 0 Å². The van der Waals surface area contributed by atoms with Gasteiger partial charge in [-0.15, -0.1) is 0 Å². The molecule has 0 radical (unpaired) electrons. The van der Waals surface area contributed by atoms with Crippen molar-refractivity contribution < 1.29 is 19.8 Å². The summed E-state index contributed by atoms with van der Waals surface area (Å²) >= 11 is 0. The van der Waals surface area contributed by atoms with Gasteiger partial charge in [-0.1, -0.05) is 90.6 Å². The molecule has 25 heavy (non-hydrogen) atoms. The topological polar surface area (TPSA) is 80.3 Å². The van der Waals surface area contributed by atoms with Gasteiger partial charge in [0.15, 0.2) is 0 Å². The zero-order chi connectivity index (χ0) is 18.6. The van der Waals surface area contributed by atoms with Crippen LogP contribution in [0.3, 0.4) is 0 Å². The molecule has 0 aliphatic heterocycles. The largest absolute Gasteiger partial charge is 2.00 e. The van der Waals surface area contributed by atoms with Gasteiger partial charge in [0, 0.05) is 5.97 Å². The predicted molar refractivity (Wildman–Crippen MR) is 101 cm³/mol. The van der Waals surface area contributed by atoms with Gasteiger partial charge in [0.1, 0.15) is 0 Å². The van der Waals surface area contributed by atoms with Crippen molar-refractivity contribution in [3.63, 3.8) is 0 Å². The number of carbonyl (C=O) groups is 2. The molecule has 0 rings (SSSR count). The number of aliphatic carboxylic acids is 2. The van der Waals surface area contributed by atoms with Gasteiger partial charge in [0.05, 0.1) is 5.97 Å². The molecular formula is C20H36MgO4. The molecule has 5 heteroatoms. The summed E-state index contributed by atoms with van der Waals surface area (Å²) in [4.78, 5) is 19.7. The van der Waals surface area contributed by atoms with Crippen molar-refractivity contribution in [3.8, 4) is 0 Å². The van der Waals surface area contributed by atoms with Gasteiger partial charge in [0.25, 0.3) is 0 Å². The molecule has 0 bridgehead atoms. The minimum Gasteiger partial charge on any atom is -0.550 e. The molecule has 0 heterocycles. The van der Waals surface area contributed by atoms with E-state index >= 15 is 0 Å². The molecule has 0 unspecified atom stereocenters. The molecular weight excluding hydrogens is 329 g/mol. The number of carboxylic acids is 2. The molecule has 0 saturated heterocycles. The first-order chi connectivity index (χ1) is 11.4. The Morgan fingerprint density at radius 3 is 1.24 bits per heavy atom. The van der Waals surface area contributed by atoms with Crippen LogP contribution >= 0.6 is 0 Å². The quantitative estimate of drug-likeness (QED) is 0.254. The molecule has 0 atom stereocenters. The maximum Gasteiger partial charge on any atom is 2.00 e. The average Bonchev–Trinajstić information content (AvgIpc) is 2.52. The van der Waals surface area contributed by atoms with Crippen molar-refractivity contribution in [3.05, 3.63) is 12.2 Å². The number of unbranched alkanes of at least 4 members (excludes halogenated alkanes) is 12. The van der Waals surface area contributed by atoms with E-state index in [0.717, 1.165) is 12.8 Å². The molecule has 0 spiro atoms. The molecule has 0 amide bonds. The van der Waals surface area contributed by atoms with Crippen LogP contribution in [0.1, 0.15) is 104 Å². The Morgan fingerprint density at radius 1 is 0.720 bits per heavy atom. The Bertz CT molecular complexity index is 318. The van der Waals surface area contributed by atoms with Crippen LogP contribution in [0.2, 0.25) is 0 Å². The first-order valence-electron chi connectivity index (χ1n) is 9.48. The Morgan fingerprint density at radius 2 is 1.00 bits per heavy atom. The fourth-order valence-electron chi connectivity index (χ4n) is 2.29. The predicted octanol–water partition coefficient (Wildman–Crippen LogP) is 3.15. The van der Waals surface area contributed by atoms with Crippen molar-refractivity contribution in [2.45, 2.75) is 104 Å². The van der Waals surface area contributed by atoms with Gasteiger partial charge < -0.3 is 19.8 Å². The summed E-state index contributed by atoms with van der Waals surface area (Å²) < 4.78 is 0. The van der Waals surface area contributed by atoms with Gasteiger partial charge in [-0.2, -0.15) is 0 Å². The first-order valence-corrected chi connectivity index (χ1v) is 9.48. The minimum absolute atomic E-state index is 0. The summed E-state index contributed by atoms with van der Waals surface area (Å²) in [6, 6.07) is 0. The number of hydrogen-bond acceptors (Lipinski definition) is 4. The molecule has 0 N–H and O–H groups in total. The number of rotatable bonds is 15. The van der Waals surface area contributed by atoms with E-state index in [1.54, 1.807) is 0 Å². The van der Waals surface area contributed by atoms with Gasteiger partial charge in [-0.3, -0.25) is 0 Å². The van der Waals surface area contributed by atoms with E-state index in [0.29, 0.717) is 0 Å². The van der Waals surface area contributed by atoms with Crippen molar-refractivity contribution in [1.29, 1.82) is 0 Å². The van der Waals surface area contributed by atoms with Crippen LogP contribution in [-0.2, 0) is 9.59 Å². The summed E-state index contributed by atoms with van der Waals surface area (Å²) in [7, 11) is 0. The Hall–Kier alpha value is -0.554. The molecule has 4 nitrogen and oxygen atoms in total. The standard InChI is InChI=1S/C16H32O2.C4H6O2.Mg/c1-2-3-4-5-6-7-8-9-10-11-12-13-14-15-16(17)18;1-3(2)4(5)6;/h2-15H2,1H3,(H,17,18);1H2,2H3,(H,5,6);/q;;+2/p-2. The molecule has 0 aromatic rings. The fraction of sp³-hybridized carbons (Fsp3) is 0.800. The second kappa shape index (κ2) is 23.4. The third-order valence-electron chi connectivity index (χ3n) is 3.83. The van der Waals surface area contributed by atoms with E-state index in [-0.39, 0.29) is 35.0 Å². The van der Waals surface area contributed by atoms with Crippen LogP contribution in [-0.4, -0.2) is 35.0 Å². The van der Waals surface area contributed by atoms with Crippen LogP contribution in [0.5, 0.6) is 0 Å². The molecule has 0 aromatic carbocycles. The minimum atomic E-state index is -1.19. The normalized spacial score (nSPS) is 9.52. The third kappa shape index (κ3) is 31.7. The van der Waals surface area contributed by atoms with E-state index in [9.17, 15) is 19.8 Å². The van der Waals surface area contributed by atoms with Crippen molar-refractivity contribution in [2.75, 3.05) is 0 Å². The Labute approximate surface area is 170 Å². The van der Waals surface area contributed by atoms with Crippen LogP contribution in [0.25, 0.3) is 0 Å². The van der Waals surface area contributed by atoms with Crippen LogP contribution < -0.4 is 10.2 Å². The van der Waals surface area contributed by atoms with E-state index in [4.69, 9.17) is 0 Å². The van der Waals surface area contributed by atoms with E-state index in [2.05, 4.69) is 13.5 Å². The number of carboxylic acid groups (broad SMARTS) is 2. The molecule has 0 aliphatic rings. The third-order valence-corrected chi connectivity index (χ3v) is 3.83. The molecule has 0 saturated carbocycles. The summed E-state index contributed by atoms with van der Waals surface area (Å²) in [5, 5.41) is 19.7. The van der Waals surface area contributed by atoms with E-state index in [1.165, 1.54) is 77.6 Å². The maximum absolute atomic E-state index is 10.2. The Kier molecular flexibility index (Phi) is 27.4. The second-order valence-corrected chi connectivity index (χ2v) is 6.43. The summed E-state index contributed by atoms with van der Waals surface area (Å²) in [5.41, 5.74) is 0.0648. The monoisotopic (exact) mass is 364 g/mol. The summed E-state index contributed by atoms with van der Waals surface area (Å²) in [6.07, 6.45) is 16.9. The van der Waals surface area contributed by atoms with Crippen LogP contribution in [0.15, 0.2) is 12.2 Å². The van der Waals surface area contributed by atoms with Crippen LogP contribution in [0.4, 0.5) is 0 Å². The molecule has 0 aliphatic carbocycles. The van der Waals surface area contributed by atoms with Crippen molar-refractivity contribution in [2.24, 2.45) is 0 Å². The van der Waals surface area contributed by atoms with E-state index in [1.807, 2.05) is 0 Å². The number of hydrogen-bond donors (Lipinski definition) is 0. The zero-order valence-electron chi connectivity index (χ0n) is 16.4. The smallest absolute Gasteiger partial charge is 0.550 e. The van der Waals surface area contributed by atoms with Gasteiger partial charge in [-0.05, 0) is 25.3 Å². The summed E-state index contributed by atoms with van der Waals surface area (Å²) in [5.74, 6) is -2.09. The number of carbonyl (C=O) groups excluding carboxylic acids is 2. The maximum atomic E-state index is 10.2. The zero-order valence-corrected chi connectivity index (χ0v) is 17.9. The van der Waals surface area contributed by atoms with Gasteiger partial charge >= 0.3 is 23.1 Å². The van der Waals surface area contributed by atoms with Crippen molar-refractivity contribution in [1.82, 2.24) is 0 Å². The molecule has 0 aromatic heterocycles. The SMILES string of the molecule is C=C(C)C(=O)[O-].CCCCCCCCCCCCCCCC(=O)[O-].[Mg+2]. The molecule has 142 valence electrons. The van der Waals surface area contributed by atoms with E-state index < -0.39 is 11.9 Å². The fourth-order valence-corrected chi connectivity index (χ4v) is 2.29. The average molecular weight is 365 g/mol. The van der Waals surface area contributed by atoms with Gasteiger partial charge in [-0.25, -0.2) is 0 Å². The Balaban J connectivity index is -0.000000592. The van der Waals surface area contributed by atoms with Crippen LogP contribution in [0, 0.1) is 0 Å². The second-order valence-electron chi connectivity index (χ2n) is 6.43. The van der Waals surface area contributed by atoms with Crippen molar-refractivity contribution >= 4 is 35.0 Å².